The number of ether oxygens (including phenoxy) is 2. The minimum atomic E-state index is -0.555. The van der Waals surface area contributed by atoms with E-state index in [0.29, 0.717) is 25.1 Å². The largest absolute Gasteiger partial charge is 0.486 e. The topological polar surface area (TPSA) is 76.7 Å². The normalized spacial score (nSPS) is 21.0. The maximum Gasteiger partial charge on any atom is 0.246 e. The summed E-state index contributed by atoms with van der Waals surface area (Å²) in [5, 5.41) is 6.34. The summed E-state index contributed by atoms with van der Waals surface area (Å²) in [6.07, 6.45) is 3.09. The molecule has 1 fully saturated rings. The van der Waals surface area contributed by atoms with E-state index >= 15 is 0 Å². The number of amides is 1. The third-order valence-electron chi connectivity index (χ3n) is 5.50. The quantitative estimate of drug-likeness (QED) is 0.383. The van der Waals surface area contributed by atoms with Gasteiger partial charge in [0.15, 0.2) is 6.29 Å². The standard InChI is InChI=1S/C17H25FN2O2.C8H6ClFO2/c1-16(19-3)11-17(2,12-16)20-15(21)10-22-9-8-13-4-6-14(18)7-5-13;9-7-2-1-6(5-8(7)10)12-4-3-11/h4-7,19H,8-12H2,1-3H3,(H,20,21);1-3,5H,4H2. The maximum atomic E-state index is 12.8. The molecule has 3 rings (SSSR count). The first kappa shape index (κ1) is 27.7. The van der Waals surface area contributed by atoms with Crippen LogP contribution in [0.15, 0.2) is 42.5 Å². The van der Waals surface area contributed by atoms with Gasteiger partial charge < -0.3 is 20.1 Å². The predicted octanol–water partition coefficient (Wildman–Crippen LogP) is 4.09. The van der Waals surface area contributed by atoms with Crippen molar-refractivity contribution in [3.63, 3.8) is 0 Å². The molecule has 2 aromatic rings. The Morgan fingerprint density at radius 1 is 1.12 bits per heavy atom. The summed E-state index contributed by atoms with van der Waals surface area (Å²) in [5.41, 5.74) is 0.971. The molecule has 0 aliphatic heterocycles. The van der Waals surface area contributed by atoms with Crippen LogP contribution in [0.1, 0.15) is 32.3 Å². The monoisotopic (exact) mass is 496 g/mol. The zero-order valence-corrected chi connectivity index (χ0v) is 20.4. The highest BCUT2D eigenvalue weighted by Crippen LogP contribution is 2.40. The highest BCUT2D eigenvalue weighted by atomic mass is 35.5. The molecule has 0 aromatic heterocycles. The second-order valence-electron chi connectivity index (χ2n) is 8.76. The van der Waals surface area contributed by atoms with Crippen molar-refractivity contribution in [2.24, 2.45) is 0 Å². The number of benzene rings is 2. The summed E-state index contributed by atoms with van der Waals surface area (Å²) in [7, 11) is 1.94. The minimum absolute atomic E-state index is 0.0356. The average molecular weight is 497 g/mol. The Hall–Kier alpha value is -2.55. The van der Waals surface area contributed by atoms with Crippen LogP contribution in [0, 0.1) is 11.6 Å². The van der Waals surface area contributed by atoms with E-state index in [0.717, 1.165) is 24.5 Å². The van der Waals surface area contributed by atoms with Gasteiger partial charge in [0.1, 0.15) is 30.6 Å². The number of halogens is 3. The van der Waals surface area contributed by atoms with Crippen LogP contribution in [0.2, 0.25) is 5.02 Å². The Labute approximate surface area is 204 Å². The van der Waals surface area contributed by atoms with E-state index in [1.165, 1.54) is 24.3 Å². The van der Waals surface area contributed by atoms with Crippen molar-refractivity contribution in [1.82, 2.24) is 10.6 Å². The van der Waals surface area contributed by atoms with Crippen LogP contribution in [-0.2, 0) is 20.7 Å². The van der Waals surface area contributed by atoms with Gasteiger partial charge in [-0.1, -0.05) is 23.7 Å². The van der Waals surface area contributed by atoms with Crippen LogP contribution >= 0.6 is 11.6 Å². The second-order valence-corrected chi connectivity index (χ2v) is 9.16. The summed E-state index contributed by atoms with van der Waals surface area (Å²) in [6.45, 7) is 4.64. The van der Waals surface area contributed by atoms with Gasteiger partial charge in [-0.05, 0) is 70.0 Å². The molecule has 0 bridgehead atoms. The molecule has 0 atom stereocenters. The molecule has 2 aromatic carbocycles. The zero-order valence-electron chi connectivity index (χ0n) is 19.6. The Balaban J connectivity index is 0.000000287. The summed E-state index contributed by atoms with van der Waals surface area (Å²) in [5.74, 6) is -0.588. The number of nitrogens with one attached hydrogen (secondary N) is 2. The van der Waals surface area contributed by atoms with Crippen LogP contribution in [0.4, 0.5) is 8.78 Å². The van der Waals surface area contributed by atoms with E-state index in [-0.39, 0.29) is 41.0 Å². The molecule has 0 heterocycles. The molecule has 1 aliphatic rings. The summed E-state index contributed by atoms with van der Waals surface area (Å²) in [4.78, 5) is 21.8. The number of carbonyl (C=O) groups is 2. The highest BCUT2D eigenvalue weighted by molar-refractivity contribution is 6.30. The van der Waals surface area contributed by atoms with Crippen LogP contribution in [0.5, 0.6) is 5.75 Å². The first-order valence-corrected chi connectivity index (χ1v) is 11.3. The van der Waals surface area contributed by atoms with Gasteiger partial charge in [0.2, 0.25) is 5.91 Å². The molecule has 0 spiro atoms. The summed E-state index contributed by atoms with van der Waals surface area (Å²) >= 11 is 5.41. The van der Waals surface area contributed by atoms with Crippen molar-refractivity contribution < 1.29 is 27.8 Å². The van der Waals surface area contributed by atoms with E-state index < -0.39 is 5.82 Å². The van der Waals surface area contributed by atoms with Gasteiger partial charge in [-0.25, -0.2) is 8.78 Å². The molecule has 0 unspecified atom stereocenters. The van der Waals surface area contributed by atoms with Gasteiger partial charge in [-0.3, -0.25) is 9.59 Å². The Bertz CT molecular complexity index is 950. The lowest BCUT2D eigenvalue weighted by Gasteiger charge is -2.53. The molecule has 1 aliphatic carbocycles. The van der Waals surface area contributed by atoms with Crippen molar-refractivity contribution in [3.8, 4) is 5.75 Å². The molecule has 186 valence electrons. The lowest BCUT2D eigenvalue weighted by molar-refractivity contribution is -0.129. The van der Waals surface area contributed by atoms with Gasteiger partial charge in [-0.15, -0.1) is 0 Å². The maximum absolute atomic E-state index is 12.8. The van der Waals surface area contributed by atoms with E-state index in [1.54, 1.807) is 12.1 Å². The van der Waals surface area contributed by atoms with E-state index in [1.807, 2.05) is 7.05 Å². The highest BCUT2D eigenvalue weighted by Gasteiger charge is 2.48. The summed E-state index contributed by atoms with van der Waals surface area (Å²) in [6, 6.07) is 10.3. The molecular formula is C25H31ClF2N2O4. The first-order chi connectivity index (χ1) is 16.1. The van der Waals surface area contributed by atoms with Crippen LogP contribution in [0.3, 0.4) is 0 Å². The fourth-order valence-electron chi connectivity index (χ4n) is 4.01. The molecule has 9 heteroatoms. The minimum Gasteiger partial charge on any atom is -0.486 e. The molecule has 2 N–H and O–H groups in total. The third kappa shape index (κ3) is 9.00. The number of aldehydes is 1. The fraction of sp³-hybridized carbons (Fsp3) is 0.440. The smallest absolute Gasteiger partial charge is 0.246 e. The predicted molar refractivity (Wildman–Crippen MR) is 127 cm³/mol. The van der Waals surface area contributed by atoms with Gasteiger partial charge in [0.05, 0.1) is 11.6 Å². The van der Waals surface area contributed by atoms with Gasteiger partial charge in [0, 0.05) is 17.1 Å². The molecule has 1 amide bonds. The number of rotatable bonds is 10. The van der Waals surface area contributed by atoms with Crippen molar-refractivity contribution in [2.45, 2.75) is 44.2 Å². The Kier molecular flexibility index (Phi) is 10.4. The van der Waals surface area contributed by atoms with Crippen molar-refractivity contribution in [2.75, 3.05) is 26.9 Å². The number of hydrogen-bond acceptors (Lipinski definition) is 5. The van der Waals surface area contributed by atoms with E-state index in [2.05, 4.69) is 24.5 Å². The zero-order chi connectivity index (χ0) is 25.2. The average Bonchev–Trinajstić information content (AvgIpc) is 2.78. The second kappa shape index (κ2) is 12.8. The molecule has 0 saturated heterocycles. The molecule has 34 heavy (non-hydrogen) atoms. The first-order valence-electron chi connectivity index (χ1n) is 10.9. The van der Waals surface area contributed by atoms with Crippen LogP contribution < -0.4 is 15.4 Å². The van der Waals surface area contributed by atoms with Crippen molar-refractivity contribution >= 4 is 23.8 Å². The van der Waals surface area contributed by atoms with E-state index in [9.17, 15) is 18.4 Å². The van der Waals surface area contributed by atoms with E-state index in [4.69, 9.17) is 21.1 Å². The van der Waals surface area contributed by atoms with Crippen LogP contribution in [-0.4, -0.2) is 50.1 Å². The number of carbonyl (C=O) groups excluding carboxylic acids is 2. The fourth-order valence-corrected chi connectivity index (χ4v) is 4.13. The number of hydrogen-bond donors (Lipinski definition) is 2. The Morgan fingerprint density at radius 2 is 1.79 bits per heavy atom. The van der Waals surface area contributed by atoms with Gasteiger partial charge in [0.25, 0.3) is 0 Å². The molecular weight excluding hydrogens is 466 g/mol. The lowest BCUT2D eigenvalue weighted by atomic mass is 9.64. The molecule has 1 saturated carbocycles. The third-order valence-corrected chi connectivity index (χ3v) is 5.80. The van der Waals surface area contributed by atoms with Crippen molar-refractivity contribution in [3.05, 3.63) is 64.7 Å². The Morgan fingerprint density at radius 3 is 2.38 bits per heavy atom. The van der Waals surface area contributed by atoms with Gasteiger partial charge in [-0.2, -0.15) is 0 Å². The molecule has 0 radical (unpaired) electrons. The SMILES string of the molecule is CNC1(C)CC(C)(NC(=O)COCCc2ccc(F)cc2)C1.O=CCOc1ccc(Cl)c(F)c1. The van der Waals surface area contributed by atoms with Crippen molar-refractivity contribution in [1.29, 1.82) is 0 Å². The summed E-state index contributed by atoms with van der Waals surface area (Å²) < 4.78 is 35.7. The lowest BCUT2D eigenvalue weighted by Crippen LogP contribution is -2.67. The van der Waals surface area contributed by atoms with Gasteiger partial charge >= 0.3 is 0 Å². The molecule has 6 nitrogen and oxygen atoms in total. The van der Waals surface area contributed by atoms with Crippen LogP contribution in [0.25, 0.3) is 0 Å².